The molecular weight excluding hydrogens is 274 g/mol. The van der Waals surface area contributed by atoms with Gasteiger partial charge in [0.15, 0.2) is 5.16 Å². The Hall–Kier alpha value is -1.44. The van der Waals surface area contributed by atoms with E-state index in [9.17, 15) is 0 Å². The van der Waals surface area contributed by atoms with Crippen LogP contribution < -0.4 is 5.32 Å². The average molecular weight is 293 g/mol. The predicted molar refractivity (Wildman–Crippen MR) is 77.7 cm³/mol. The van der Waals surface area contributed by atoms with E-state index in [1.54, 1.807) is 7.11 Å². The highest BCUT2D eigenvalue weighted by molar-refractivity contribution is 7.99. The molecule has 0 amide bonds. The van der Waals surface area contributed by atoms with Crippen molar-refractivity contribution in [2.24, 2.45) is 7.05 Å². The molecule has 0 spiro atoms. The molecule has 0 aromatic carbocycles. The highest BCUT2D eigenvalue weighted by atomic mass is 32.2. The molecule has 6 nitrogen and oxygen atoms in total. The first kappa shape index (κ1) is 15.0. The molecule has 0 fully saturated rings. The van der Waals surface area contributed by atoms with Gasteiger partial charge in [-0.15, -0.1) is 0 Å². The SMILES string of the molecule is COCCNCc1cnc(Sc2cc(C)nn2C)nc1. The van der Waals surface area contributed by atoms with Crippen molar-refractivity contribution in [2.45, 2.75) is 23.7 Å². The normalized spacial score (nSPS) is 10.9. The fourth-order valence-electron chi connectivity index (χ4n) is 1.67. The Bertz CT molecular complexity index is 540. The minimum absolute atomic E-state index is 0.703. The van der Waals surface area contributed by atoms with Crippen LogP contribution in [0.15, 0.2) is 28.6 Å². The molecule has 2 aromatic heterocycles. The van der Waals surface area contributed by atoms with Crippen LogP contribution >= 0.6 is 11.8 Å². The first-order valence-electron chi connectivity index (χ1n) is 6.38. The summed E-state index contributed by atoms with van der Waals surface area (Å²) in [6, 6.07) is 2.02. The molecule has 0 unspecified atom stereocenters. The van der Waals surface area contributed by atoms with Gasteiger partial charge in [0.05, 0.1) is 12.3 Å². The van der Waals surface area contributed by atoms with E-state index in [-0.39, 0.29) is 0 Å². The standard InChI is InChI=1S/C13H19N5OS/c1-10-6-12(18(2)17-10)20-13-15-8-11(9-16-13)7-14-4-5-19-3/h6,8-9,14H,4-5,7H2,1-3H3. The molecule has 108 valence electrons. The van der Waals surface area contributed by atoms with Crippen LogP contribution in [-0.4, -0.2) is 40.0 Å². The third-order valence-corrected chi connectivity index (χ3v) is 3.63. The maximum Gasteiger partial charge on any atom is 0.193 e. The summed E-state index contributed by atoms with van der Waals surface area (Å²) in [4.78, 5) is 8.73. The minimum Gasteiger partial charge on any atom is -0.383 e. The van der Waals surface area contributed by atoms with Crippen molar-refractivity contribution in [1.29, 1.82) is 0 Å². The predicted octanol–water partition coefficient (Wildman–Crippen LogP) is 1.41. The fourth-order valence-corrected chi connectivity index (χ4v) is 2.47. The first-order chi connectivity index (χ1) is 9.69. The number of rotatable bonds is 7. The maximum absolute atomic E-state index is 4.97. The second kappa shape index (κ2) is 7.37. The topological polar surface area (TPSA) is 64.9 Å². The number of hydrogen-bond donors (Lipinski definition) is 1. The lowest BCUT2D eigenvalue weighted by Crippen LogP contribution is -2.18. The van der Waals surface area contributed by atoms with E-state index in [1.165, 1.54) is 11.8 Å². The van der Waals surface area contributed by atoms with Gasteiger partial charge in [-0.1, -0.05) is 0 Å². The zero-order valence-electron chi connectivity index (χ0n) is 12.0. The Kier molecular flexibility index (Phi) is 5.51. The summed E-state index contributed by atoms with van der Waals surface area (Å²) < 4.78 is 6.81. The summed E-state index contributed by atoms with van der Waals surface area (Å²) in [5.74, 6) is 0. The quantitative estimate of drug-likeness (QED) is 0.615. The van der Waals surface area contributed by atoms with Crippen LogP contribution in [0.4, 0.5) is 0 Å². The molecule has 0 saturated carbocycles. The minimum atomic E-state index is 0.703. The maximum atomic E-state index is 4.97. The van der Waals surface area contributed by atoms with Crippen molar-refractivity contribution in [1.82, 2.24) is 25.1 Å². The monoisotopic (exact) mass is 293 g/mol. The molecule has 0 aliphatic rings. The summed E-state index contributed by atoms with van der Waals surface area (Å²) in [5, 5.41) is 9.33. The summed E-state index contributed by atoms with van der Waals surface area (Å²) in [6.45, 7) is 4.24. The van der Waals surface area contributed by atoms with Crippen molar-refractivity contribution in [3.63, 3.8) is 0 Å². The van der Waals surface area contributed by atoms with Crippen molar-refractivity contribution in [3.8, 4) is 0 Å². The molecular formula is C13H19N5OS. The Morgan fingerprint density at radius 2 is 2.10 bits per heavy atom. The van der Waals surface area contributed by atoms with Crippen LogP contribution in [0.2, 0.25) is 0 Å². The molecule has 0 saturated heterocycles. The van der Waals surface area contributed by atoms with Gasteiger partial charge in [-0.3, -0.25) is 4.68 Å². The van der Waals surface area contributed by atoms with Crippen molar-refractivity contribution >= 4 is 11.8 Å². The lowest BCUT2D eigenvalue weighted by molar-refractivity contribution is 0.199. The van der Waals surface area contributed by atoms with Gasteiger partial charge in [-0.25, -0.2) is 9.97 Å². The van der Waals surface area contributed by atoms with Crippen LogP contribution in [0, 0.1) is 6.92 Å². The third-order valence-electron chi connectivity index (χ3n) is 2.65. The molecule has 1 N–H and O–H groups in total. The summed E-state index contributed by atoms with van der Waals surface area (Å²) >= 11 is 1.51. The van der Waals surface area contributed by atoms with E-state index in [2.05, 4.69) is 20.4 Å². The highest BCUT2D eigenvalue weighted by Crippen LogP contribution is 2.24. The summed E-state index contributed by atoms with van der Waals surface area (Å²) in [5.41, 5.74) is 2.06. The van der Waals surface area contributed by atoms with Crippen molar-refractivity contribution in [3.05, 3.63) is 29.7 Å². The zero-order chi connectivity index (χ0) is 14.4. The number of nitrogens with one attached hydrogen (secondary N) is 1. The van der Waals surface area contributed by atoms with Crippen molar-refractivity contribution in [2.75, 3.05) is 20.3 Å². The van der Waals surface area contributed by atoms with Gasteiger partial charge >= 0.3 is 0 Å². The van der Waals surface area contributed by atoms with Gasteiger partial charge in [0.25, 0.3) is 0 Å². The van der Waals surface area contributed by atoms with Gasteiger partial charge in [-0.05, 0) is 24.8 Å². The molecule has 0 aliphatic carbocycles. The smallest absolute Gasteiger partial charge is 0.193 e. The van der Waals surface area contributed by atoms with E-state index in [4.69, 9.17) is 4.74 Å². The molecule has 2 aromatic rings. The van der Waals surface area contributed by atoms with Gasteiger partial charge in [-0.2, -0.15) is 5.10 Å². The third kappa shape index (κ3) is 4.29. The van der Waals surface area contributed by atoms with E-state index >= 15 is 0 Å². The van der Waals surface area contributed by atoms with Crippen LogP contribution in [0.3, 0.4) is 0 Å². The molecule has 0 radical (unpaired) electrons. The first-order valence-corrected chi connectivity index (χ1v) is 7.20. The average Bonchev–Trinajstić information content (AvgIpc) is 2.75. The van der Waals surface area contributed by atoms with Gasteiger partial charge in [0, 0.05) is 45.2 Å². The van der Waals surface area contributed by atoms with Gasteiger partial charge in [0.1, 0.15) is 5.03 Å². The molecule has 2 rings (SSSR count). The lowest BCUT2D eigenvalue weighted by atomic mass is 10.3. The largest absolute Gasteiger partial charge is 0.383 e. The number of aryl methyl sites for hydroxylation is 2. The molecule has 7 heteroatoms. The zero-order valence-corrected chi connectivity index (χ0v) is 12.8. The fraction of sp³-hybridized carbons (Fsp3) is 0.462. The molecule has 2 heterocycles. The molecule has 0 aliphatic heterocycles. The molecule has 20 heavy (non-hydrogen) atoms. The van der Waals surface area contributed by atoms with E-state index < -0.39 is 0 Å². The molecule has 0 bridgehead atoms. The second-order valence-corrected chi connectivity index (χ2v) is 5.38. The van der Waals surface area contributed by atoms with E-state index in [1.807, 2.05) is 37.1 Å². The number of aromatic nitrogens is 4. The van der Waals surface area contributed by atoms with Gasteiger partial charge < -0.3 is 10.1 Å². The molecule has 0 atom stereocenters. The van der Waals surface area contributed by atoms with Gasteiger partial charge in [0.2, 0.25) is 0 Å². The summed E-state index contributed by atoms with van der Waals surface area (Å²) in [6.07, 6.45) is 3.69. The van der Waals surface area contributed by atoms with E-state index in [0.717, 1.165) is 34.5 Å². The van der Waals surface area contributed by atoms with Crippen LogP contribution in [0.25, 0.3) is 0 Å². The van der Waals surface area contributed by atoms with Crippen LogP contribution in [-0.2, 0) is 18.3 Å². The van der Waals surface area contributed by atoms with Crippen LogP contribution in [0.5, 0.6) is 0 Å². The number of hydrogen-bond acceptors (Lipinski definition) is 6. The highest BCUT2D eigenvalue weighted by Gasteiger charge is 2.06. The number of methoxy groups -OCH3 is 1. The Labute approximate surface area is 123 Å². The Morgan fingerprint density at radius 3 is 2.70 bits per heavy atom. The Morgan fingerprint density at radius 1 is 1.35 bits per heavy atom. The van der Waals surface area contributed by atoms with Crippen LogP contribution in [0.1, 0.15) is 11.3 Å². The van der Waals surface area contributed by atoms with E-state index in [0.29, 0.717) is 6.61 Å². The Balaban J connectivity index is 1.89. The number of ether oxygens (including phenoxy) is 1. The number of nitrogens with zero attached hydrogens (tertiary/aromatic N) is 4. The second-order valence-electron chi connectivity index (χ2n) is 4.39. The van der Waals surface area contributed by atoms with Crippen molar-refractivity contribution < 1.29 is 4.74 Å². The lowest BCUT2D eigenvalue weighted by Gasteiger charge is -2.04. The summed E-state index contributed by atoms with van der Waals surface area (Å²) in [7, 11) is 3.61.